The van der Waals surface area contributed by atoms with E-state index in [9.17, 15) is 4.79 Å². The minimum Gasteiger partial charge on any atom is -0.423 e. The van der Waals surface area contributed by atoms with Crippen molar-refractivity contribution in [3.63, 3.8) is 0 Å². The number of halogens is 1. The number of imidazole rings is 1. The average molecular weight is 432 g/mol. The fourth-order valence-corrected chi connectivity index (χ4v) is 3.26. The molecule has 31 heavy (non-hydrogen) atoms. The molecule has 5 aromatic rings. The summed E-state index contributed by atoms with van der Waals surface area (Å²) < 4.78 is 7.06. The molecule has 4 aromatic heterocycles. The van der Waals surface area contributed by atoms with Crippen LogP contribution < -0.4 is 4.90 Å². The number of rotatable bonds is 4. The Morgan fingerprint density at radius 3 is 2.52 bits per heavy atom. The maximum absolute atomic E-state index is 13.0. The molecule has 1 amide bonds. The third kappa shape index (κ3) is 3.51. The molecular weight excluding hydrogens is 418 g/mol. The highest BCUT2D eigenvalue weighted by molar-refractivity contribution is 6.29. The first-order valence-electron chi connectivity index (χ1n) is 9.20. The molecule has 0 saturated heterocycles. The zero-order chi connectivity index (χ0) is 21.4. The number of pyridine rings is 1. The van der Waals surface area contributed by atoms with Crippen molar-refractivity contribution in [2.24, 2.45) is 0 Å². The van der Waals surface area contributed by atoms with E-state index >= 15 is 0 Å². The van der Waals surface area contributed by atoms with E-state index < -0.39 is 0 Å². The van der Waals surface area contributed by atoms with Gasteiger partial charge >= 0.3 is 0 Å². The van der Waals surface area contributed by atoms with Crippen molar-refractivity contribution in [3.05, 3.63) is 78.4 Å². The molecule has 0 unspecified atom stereocenters. The summed E-state index contributed by atoms with van der Waals surface area (Å²) >= 11 is 5.83. The summed E-state index contributed by atoms with van der Waals surface area (Å²) in [7, 11) is 1.66. The Hall–Kier alpha value is -4.11. The van der Waals surface area contributed by atoms with E-state index in [0.29, 0.717) is 22.4 Å². The molecule has 152 valence electrons. The third-order valence-corrected chi connectivity index (χ3v) is 5.03. The summed E-state index contributed by atoms with van der Waals surface area (Å²) in [6.07, 6.45) is 7.80. The van der Waals surface area contributed by atoms with Crippen molar-refractivity contribution in [3.8, 4) is 22.7 Å². The van der Waals surface area contributed by atoms with Gasteiger partial charge in [-0.1, -0.05) is 23.7 Å². The lowest BCUT2D eigenvalue weighted by Gasteiger charge is -2.16. The number of aromatic nitrogens is 6. The normalized spacial score (nSPS) is 11.0. The van der Waals surface area contributed by atoms with E-state index in [2.05, 4.69) is 25.1 Å². The number of fused-ring (bicyclic) bond motifs is 1. The van der Waals surface area contributed by atoms with Crippen LogP contribution in [0.2, 0.25) is 5.15 Å². The van der Waals surface area contributed by atoms with Crippen LogP contribution in [0.4, 0.5) is 5.69 Å². The molecule has 0 radical (unpaired) electrons. The average Bonchev–Trinajstić information content (AvgIpc) is 3.49. The van der Waals surface area contributed by atoms with Crippen molar-refractivity contribution in [1.29, 1.82) is 0 Å². The van der Waals surface area contributed by atoms with Crippen LogP contribution in [0.5, 0.6) is 0 Å². The van der Waals surface area contributed by atoms with Crippen LogP contribution in [0, 0.1) is 0 Å². The zero-order valence-electron chi connectivity index (χ0n) is 16.2. The predicted molar refractivity (Wildman–Crippen MR) is 114 cm³/mol. The van der Waals surface area contributed by atoms with Gasteiger partial charge < -0.3 is 9.32 Å². The molecule has 0 fully saturated rings. The van der Waals surface area contributed by atoms with E-state index in [-0.39, 0.29) is 11.6 Å². The Bertz CT molecular complexity index is 1360. The molecule has 0 aliphatic rings. The topological polar surface area (TPSA) is 102 Å². The second-order valence-corrected chi connectivity index (χ2v) is 7.06. The summed E-state index contributed by atoms with van der Waals surface area (Å²) in [5, 5.41) is 7.96. The standard InChI is InChI=1S/C21H14ClN7O2/c1-28(15-6-7-18(22)24-8-15)21(30)16-11-29-17(9-25-19(29)10-23-16)13-2-4-14(5-3-13)20-27-26-12-31-20/h2-12H,1H3. The largest absolute Gasteiger partial charge is 0.423 e. The van der Waals surface area contributed by atoms with Crippen molar-refractivity contribution >= 4 is 28.8 Å². The molecular formula is C21H14ClN7O2. The molecule has 0 aliphatic heterocycles. The van der Waals surface area contributed by atoms with Gasteiger partial charge in [-0.15, -0.1) is 10.2 Å². The summed E-state index contributed by atoms with van der Waals surface area (Å²) in [6, 6.07) is 11.0. The highest BCUT2D eigenvalue weighted by Crippen LogP contribution is 2.25. The highest BCUT2D eigenvalue weighted by atomic mass is 35.5. The van der Waals surface area contributed by atoms with E-state index in [0.717, 1.165) is 16.8 Å². The Balaban J connectivity index is 1.48. The van der Waals surface area contributed by atoms with Gasteiger partial charge in [0, 0.05) is 24.4 Å². The van der Waals surface area contributed by atoms with Gasteiger partial charge in [-0.25, -0.2) is 15.0 Å². The van der Waals surface area contributed by atoms with E-state index in [1.165, 1.54) is 17.5 Å². The first-order valence-corrected chi connectivity index (χ1v) is 9.57. The number of benzene rings is 1. The second kappa shape index (κ2) is 7.62. The van der Waals surface area contributed by atoms with Crippen LogP contribution in [0.1, 0.15) is 10.5 Å². The number of amides is 1. The molecule has 9 nitrogen and oxygen atoms in total. The molecule has 1 aromatic carbocycles. The molecule has 0 spiro atoms. The van der Waals surface area contributed by atoms with Gasteiger partial charge in [-0.05, 0) is 24.3 Å². The van der Waals surface area contributed by atoms with Crippen molar-refractivity contribution < 1.29 is 9.21 Å². The minimum absolute atomic E-state index is 0.270. The summed E-state index contributed by atoms with van der Waals surface area (Å²) in [6.45, 7) is 0. The van der Waals surface area contributed by atoms with Crippen molar-refractivity contribution in [2.45, 2.75) is 0 Å². The number of nitrogens with zero attached hydrogens (tertiary/aromatic N) is 7. The molecule has 0 atom stereocenters. The second-order valence-electron chi connectivity index (χ2n) is 6.67. The molecule has 4 heterocycles. The molecule has 0 saturated carbocycles. The molecule has 10 heteroatoms. The van der Waals surface area contributed by atoms with Gasteiger partial charge in [0.1, 0.15) is 10.8 Å². The molecule has 0 bridgehead atoms. The Kier molecular flexibility index (Phi) is 4.64. The number of carbonyl (C=O) groups is 1. The van der Waals surface area contributed by atoms with Gasteiger partial charge in [0.15, 0.2) is 5.65 Å². The van der Waals surface area contributed by atoms with E-state index in [4.69, 9.17) is 16.0 Å². The van der Waals surface area contributed by atoms with Gasteiger partial charge in [-0.3, -0.25) is 9.20 Å². The Morgan fingerprint density at radius 1 is 1.00 bits per heavy atom. The molecule has 0 N–H and O–H groups in total. The van der Waals surface area contributed by atoms with Crippen LogP contribution in [-0.4, -0.2) is 42.5 Å². The number of hydrogen-bond donors (Lipinski definition) is 0. The molecule has 5 rings (SSSR count). The maximum Gasteiger partial charge on any atom is 0.278 e. The Labute approximate surface area is 181 Å². The SMILES string of the molecule is CN(C(=O)c1cn2c(-c3ccc(-c4nnco4)cc3)cnc2cn1)c1ccc(Cl)nc1. The van der Waals surface area contributed by atoms with Crippen LogP contribution >= 0.6 is 11.6 Å². The lowest BCUT2D eigenvalue weighted by atomic mass is 10.1. The fourth-order valence-electron chi connectivity index (χ4n) is 3.15. The zero-order valence-corrected chi connectivity index (χ0v) is 16.9. The van der Waals surface area contributed by atoms with Crippen LogP contribution in [0.3, 0.4) is 0 Å². The van der Waals surface area contributed by atoms with Crippen LogP contribution in [-0.2, 0) is 0 Å². The van der Waals surface area contributed by atoms with Gasteiger partial charge in [0.25, 0.3) is 5.91 Å². The monoisotopic (exact) mass is 431 g/mol. The van der Waals surface area contributed by atoms with E-state index in [1.807, 2.05) is 28.7 Å². The fraction of sp³-hybridized carbons (Fsp3) is 0.0476. The van der Waals surface area contributed by atoms with Crippen LogP contribution in [0.15, 0.2) is 72.0 Å². The molecule has 0 aliphatic carbocycles. The quantitative estimate of drug-likeness (QED) is 0.399. The summed E-state index contributed by atoms with van der Waals surface area (Å²) in [5.41, 5.74) is 4.05. The number of anilines is 1. The first-order chi connectivity index (χ1) is 15.1. The highest BCUT2D eigenvalue weighted by Gasteiger charge is 2.17. The summed E-state index contributed by atoms with van der Waals surface area (Å²) in [5.74, 6) is 0.166. The van der Waals surface area contributed by atoms with Gasteiger partial charge in [0.05, 0.1) is 30.0 Å². The maximum atomic E-state index is 13.0. The lowest BCUT2D eigenvalue weighted by molar-refractivity contribution is 0.0987. The minimum atomic E-state index is -0.280. The third-order valence-electron chi connectivity index (χ3n) is 4.81. The van der Waals surface area contributed by atoms with Crippen molar-refractivity contribution in [2.75, 3.05) is 11.9 Å². The first kappa shape index (κ1) is 18.9. The number of carbonyl (C=O) groups excluding carboxylic acids is 1. The number of hydrogen-bond acceptors (Lipinski definition) is 7. The lowest BCUT2D eigenvalue weighted by Crippen LogP contribution is -2.27. The van der Waals surface area contributed by atoms with Crippen molar-refractivity contribution in [1.82, 2.24) is 29.5 Å². The Morgan fingerprint density at radius 2 is 1.81 bits per heavy atom. The summed E-state index contributed by atoms with van der Waals surface area (Å²) in [4.78, 5) is 27.1. The predicted octanol–water partition coefficient (Wildman–Crippen LogP) is 3.77. The van der Waals surface area contributed by atoms with Crippen LogP contribution in [0.25, 0.3) is 28.4 Å². The van der Waals surface area contributed by atoms with Gasteiger partial charge in [-0.2, -0.15) is 0 Å². The smallest absolute Gasteiger partial charge is 0.278 e. The van der Waals surface area contributed by atoms with E-state index in [1.54, 1.807) is 37.8 Å². The van der Waals surface area contributed by atoms with Gasteiger partial charge in [0.2, 0.25) is 12.3 Å².